The Morgan fingerprint density at radius 3 is 2.21 bits per heavy atom. The molecule has 1 fully saturated rings. The Kier molecular flexibility index (Phi) is 5.64. The molecule has 132 valence electrons. The number of pyridine rings is 1. The van der Waals surface area contributed by atoms with Crippen molar-refractivity contribution < 1.29 is 14.3 Å². The predicted octanol–water partition coefficient (Wildman–Crippen LogP) is 2.40. The van der Waals surface area contributed by atoms with E-state index >= 15 is 0 Å². The highest BCUT2D eigenvalue weighted by Crippen LogP contribution is 2.14. The SMILES string of the molecule is CC(NC(=O)N1CCN(C(=O)OC(C)(C)C)CC1)c1ccncc1. The maximum absolute atomic E-state index is 12.4. The summed E-state index contributed by atoms with van der Waals surface area (Å²) in [6, 6.07) is 3.55. The third kappa shape index (κ3) is 5.11. The molecule has 1 atom stereocenters. The number of amides is 3. The zero-order chi connectivity index (χ0) is 17.7. The molecule has 1 N–H and O–H groups in total. The highest BCUT2D eigenvalue weighted by Gasteiger charge is 2.28. The van der Waals surface area contributed by atoms with E-state index in [9.17, 15) is 9.59 Å². The molecule has 7 heteroatoms. The van der Waals surface area contributed by atoms with E-state index in [0.717, 1.165) is 5.56 Å². The molecule has 0 aromatic carbocycles. The number of carbonyl (C=O) groups is 2. The molecule has 1 aliphatic heterocycles. The van der Waals surface area contributed by atoms with Crippen molar-refractivity contribution in [1.29, 1.82) is 0 Å². The lowest BCUT2D eigenvalue weighted by atomic mass is 10.1. The van der Waals surface area contributed by atoms with Gasteiger partial charge in [-0.2, -0.15) is 0 Å². The third-order valence-corrected chi connectivity index (χ3v) is 3.76. The van der Waals surface area contributed by atoms with Crippen LogP contribution in [0.1, 0.15) is 39.3 Å². The van der Waals surface area contributed by atoms with Crippen LogP contribution in [0.3, 0.4) is 0 Å². The summed E-state index contributed by atoms with van der Waals surface area (Å²) in [5, 5.41) is 2.97. The van der Waals surface area contributed by atoms with Crippen molar-refractivity contribution in [3.05, 3.63) is 30.1 Å². The van der Waals surface area contributed by atoms with Crippen LogP contribution in [0, 0.1) is 0 Å². The van der Waals surface area contributed by atoms with Crippen LogP contribution in [0.2, 0.25) is 0 Å². The topological polar surface area (TPSA) is 74.8 Å². The molecule has 1 aromatic rings. The first-order valence-electron chi connectivity index (χ1n) is 8.19. The number of nitrogens with one attached hydrogen (secondary N) is 1. The van der Waals surface area contributed by atoms with E-state index < -0.39 is 5.60 Å². The van der Waals surface area contributed by atoms with Gasteiger partial charge in [-0.3, -0.25) is 4.98 Å². The van der Waals surface area contributed by atoms with Crippen LogP contribution in [0.25, 0.3) is 0 Å². The predicted molar refractivity (Wildman–Crippen MR) is 90.6 cm³/mol. The average molecular weight is 334 g/mol. The van der Waals surface area contributed by atoms with Crippen LogP contribution in [0.15, 0.2) is 24.5 Å². The van der Waals surface area contributed by atoms with E-state index in [-0.39, 0.29) is 18.2 Å². The molecule has 0 saturated carbocycles. The van der Waals surface area contributed by atoms with Gasteiger partial charge in [0.25, 0.3) is 0 Å². The first-order valence-corrected chi connectivity index (χ1v) is 8.19. The second-order valence-electron chi connectivity index (χ2n) is 6.91. The van der Waals surface area contributed by atoms with Gasteiger partial charge in [-0.05, 0) is 45.4 Å². The Labute approximate surface area is 143 Å². The molecule has 2 heterocycles. The van der Waals surface area contributed by atoms with E-state index in [1.54, 1.807) is 22.2 Å². The zero-order valence-corrected chi connectivity index (χ0v) is 14.8. The third-order valence-electron chi connectivity index (χ3n) is 3.76. The lowest BCUT2D eigenvalue weighted by Crippen LogP contribution is -2.54. The number of carbonyl (C=O) groups excluding carboxylic acids is 2. The highest BCUT2D eigenvalue weighted by molar-refractivity contribution is 5.75. The summed E-state index contributed by atoms with van der Waals surface area (Å²) in [6.07, 6.45) is 3.09. The summed E-state index contributed by atoms with van der Waals surface area (Å²) in [5.41, 5.74) is 0.497. The Bertz CT molecular complexity index is 563. The van der Waals surface area contributed by atoms with Gasteiger partial charge in [0, 0.05) is 38.6 Å². The van der Waals surface area contributed by atoms with Crippen molar-refractivity contribution in [3.8, 4) is 0 Å². The van der Waals surface area contributed by atoms with Crippen LogP contribution in [-0.4, -0.2) is 58.7 Å². The van der Waals surface area contributed by atoms with Crippen LogP contribution in [0.4, 0.5) is 9.59 Å². The summed E-state index contributed by atoms with van der Waals surface area (Å²) in [7, 11) is 0. The standard InChI is InChI=1S/C17H26N4O3/c1-13(14-5-7-18-8-6-14)19-15(22)20-9-11-21(12-10-20)16(23)24-17(2,3)4/h5-8,13H,9-12H2,1-4H3,(H,19,22). The number of hydrogen-bond acceptors (Lipinski definition) is 4. The van der Waals surface area contributed by atoms with E-state index in [4.69, 9.17) is 4.74 Å². The molecule has 1 aliphatic rings. The molecule has 0 spiro atoms. The van der Waals surface area contributed by atoms with E-state index in [0.29, 0.717) is 26.2 Å². The fraction of sp³-hybridized carbons (Fsp3) is 0.588. The summed E-state index contributed by atoms with van der Waals surface area (Å²) >= 11 is 0. The molecule has 3 amide bonds. The van der Waals surface area contributed by atoms with Crippen molar-refractivity contribution in [1.82, 2.24) is 20.1 Å². The molecule has 1 saturated heterocycles. The largest absolute Gasteiger partial charge is 0.444 e. The zero-order valence-electron chi connectivity index (χ0n) is 14.8. The van der Waals surface area contributed by atoms with Crippen molar-refractivity contribution in [2.24, 2.45) is 0 Å². The van der Waals surface area contributed by atoms with Gasteiger partial charge in [0.1, 0.15) is 5.60 Å². The Balaban J connectivity index is 1.81. The summed E-state index contributed by atoms with van der Waals surface area (Å²) in [4.78, 5) is 31.7. The van der Waals surface area contributed by atoms with Crippen molar-refractivity contribution in [2.75, 3.05) is 26.2 Å². The molecule has 7 nitrogen and oxygen atoms in total. The minimum Gasteiger partial charge on any atom is -0.444 e. The molecule has 24 heavy (non-hydrogen) atoms. The molecule has 0 aliphatic carbocycles. The van der Waals surface area contributed by atoms with Gasteiger partial charge in [0.05, 0.1) is 6.04 Å². The number of nitrogens with zero attached hydrogens (tertiary/aromatic N) is 3. The minimum atomic E-state index is -0.508. The van der Waals surface area contributed by atoms with E-state index in [1.807, 2.05) is 39.8 Å². The lowest BCUT2D eigenvalue weighted by Gasteiger charge is -2.36. The second kappa shape index (κ2) is 7.51. The molecule has 0 radical (unpaired) electrons. The number of ether oxygens (including phenoxy) is 1. The van der Waals surface area contributed by atoms with Gasteiger partial charge in [0.15, 0.2) is 0 Å². The fourth-order valence-electron chi connectivity index (χ4n) is 2.43. The molecular formula is C17H26N4O3. The summed E-state index contributed by atoms with van der Waals surface area (Å²) < 4.78 is 5.36. The van der Waals surface area contributed by atoms with E-state index in [1.165, 1.54) is 0 Å². The number of urea groups is 1. The first-order chi connectivity index (χ1) is 11.3. The number of hydrogen-bond donors (Lipinski definition) is 1. The van der Waals surface area contributed by atoms with Crippen LogP contribution >= 0.6 is 0 Å². The van der Waals surface area contributed by atoms with Crippen LogP contribution < -0.4 is 5.32 Å². The van der Waals surface area contributed by atoms with Gasteiger partial charge in [-0.25, -0.2) is 9.59 Å². The van der Waals surface area contributed by atoms with Crippen LogP contribution in [-0.2, 0) is 4.74 Å². The Hall–Kier alpha value is -2.31. The minimum absolute atomic E-state index is 0.0932. The Morgan fingerprint density at radius 1 is 1.12 bits per heavy atom. The summed E-state index contributed by atoms with van der Waals surface area (Å²) in [5.74, 6) is 0. The lowest BCUT2D eigenvalue weighted by molar-refractivity contribution is 0.0169. The molecule has 2 rings (SSSR count). The first kappa shape index (κ1) is 18.0. The van der Waals surface area contributed by atoms with Gasteiger partial charge in [-0.15, -0.1) is 0 Å². The smallest absolute Gasteiger partial charge is 0.410 e. The maximum Gasteiger partial charge on any atom is 0.410 e. The van der Waals surface area contributed by atoms with E-state index in [2.05, 4.69) is 10.3 Å². The average Bonchev–Trinajstić information content (AvgIpc) is 2.54. The fourth-order valence-corrected chi connectivity index (χ4v) is 2.43. The van der Waals surface area contributed by atoms with Crippen LogP contribution in [0.5, 0.6) is 0 Å². The Morgan fingerprint density at radius 2 is 1.67 bits per heavy atom. The van der Waals surface area contributed by atoms with Crippen molar-refractivity contribution in [2.45, 2.75) is 39.3 Å². The molecule has 0 bridgehead atoms. The second-order valence-corrected chi connectivity index (χ2v) is 6.91. The monoisotopic (exact) mass is 334 g/mol. The molecule has 1 unspecified atom stereocenters. The molecular weight excluding hydrogens is 308 g/mol. The molecule has 1 aromatic heterocycles. The van der Waals surface area contributed by atoms with Crippen molar-refractivity contribution >= 4 is 12.1 Å². The highest BCUT2D eigenvalue weighted by atomic mass is 16.6. The van der Waals surface area contributed by atoms with Crippen molar-refractivity contribution in [3.63, 3.8) is 0 Å². The number of piperazine rings is 1. The van der Waals surface area contributed by atoms with Gasteiger partial charge in [-0.1, -0.05) is 0 Å². The number of rotatable bonds is 2. The maximum atomic E-state index is 12.4. The van der Waals surface area contributed by atoms with Gasteiger partial charge < -0.3 is 19.9 Å². The van der Waals surface area contributed by atoms with Gasteiger partial charge >= 0.3 is 12.1 Å². The van der Waals surface area contributed by atoms with Gasteiger partial charge in [0.2, 0.25) is 0 Å². The number of aromatic nitrogens is 1. The normalized spacial score (nSPS) is 16.5. The quantitative estimate of drug-likeness (QED) is 0.901. The summed E-state index contributed by atoms with van der Waals surface area (Å²) in [6.45, 7) is 9.41.